The average Bonchev–Trinajstić information content (AvgIpc) is 2.90. The number of halogens is 1. The van der Waals surface area contributed by atoms with Crippen molar-refractivity contribution in [2.24, 2.45) is 11.7 Å². The van der Waals surface area contributed by atoms with Crippen molar-refractivity contribution < 1.29 is 4.79 Å². The maximum absolute atomic E-state index is 11.2. The van der Waals surface area contributed by atoms with Gasteiger partial charge in [-0.1, -0.05) is 13.8 Å². The van der Waals surface area contributed by atoms with Crippen LogP contribution in [0.3, 0.4) is 0 Å². The molecule has 2 aromatic heterocycles. The first-order valence-corrected chi connectivity index (χ1v) is 6.78. The molecular formula is C12H16ClN7O. The molecule has 21 heavy (non-hydrogen) atoms. The lowest BCUT2D eigenvalue weighted by molar-refractivity contribution is -0.116. The van der Waals surface area contributed by atoms with Crippen LogP contribution in [0.4, 0.5) is 5.95 Å². The predicted octanol–water partition coefficient (Wildman–Crippen LogP) is 0.658. The monoisotopic (exact) mass is 309 g/mol. The zero-order valence-corrected chi connectivity index (χ0v) is 12.5. The number of nitrogens with zero attached hydrogens (tertiary/aromatic N) is 6. The number of amides is 1. The Balaban J connectivity index is 2.37. The Bertz CT molecular complexity index is 614. The standard InChI is InChI=1S/C12H16ClN7O/c1-8(2)6-19(7-9(14)21)11-16-10(13)17-12(18-11)20-5-3-4-15-20/h3-5,8H,6-7H2,1-2H3,(H2,14,21). The fraction of sp³-hybridized carbons (Fsp3) is 0.417. The quantitative estimate of drug-likeness (QED) is 0.840. The van der Waals surface area contributed by atoms with Gasteiger partial charge in [0.25, 0.3) is 5.95 Å². The number of nitrogens with two attached hydrogens (primary N) is 1. The molecule has 0 atom stereocenters. The highest BCUT2D eigenvalue weighted by Gasteiger charge is 2.17. The van der Waals surface area contributed by atoms with Crippen LogP contribution in [-0.2, 0) is 4.79 Å². The van der Waals surface area contributed by atoms with E-state index in [0.29, 0.717) is 18.4 Å². The third-order valence-electron chi connectivity index (χ3n) is 2.51. The second-order valence-electron chi connectivity index (χ2n) is 4.90. The zero-order valence-electron chi connectivity index (χ0n) is 11.8. The topological polar surface area (TPSA) is 103 Å². The molecule has 2 heterocycles. The van der Waals surface area contributed by atoms with Gasteiger partial charge in [-0.25, -0.2) is 4.68 Å². The maximum atomic E-state index is 11.2. The molecule has 0 saturated heterocycles. The number of aromatic nitrogens is 5. The van der Waals surface area contributed by atoms with Crippen molar-refractivity contribution in [3.05, 3.63) is 23.7 Å². The molecule has 0 saturated carbocycles. The SMILES string of the molecule is CC(C)CN(CC(N)=O)c1nc(Cl)nc(-n2cccn2)n1. The van der Waals surface area contributed by atoms with Crippen molar-refractivity contribution in [3.63, 3.8) is 0 Å². The fourth-order valence-corrected chi connectivity index (χ4v) is 1.96. The van der Waals surface area contributed by atoms with E-state index in [1.54, 1.807) is 23.4 Å². The van der Waals surface area contributed by atoms with Crippen LogP contribution in [0.1, 0.15) is 13.8 Å². The number of anilines is 1. The van der Waals surface area contributed by atoms with Crippen LogP contribution < -0.4 is 10.6 Å². The molecule has 0 bridgehead atoms. The van der Waals surface area contributed by atoms with E-state index in [0.717, 1.165) is 0 Å². The molecule has 0 spiro atoms. The van der Waals surface area contributed by atoms with Crippen molar-refractivity contribution in [2.45, 2.75) is 13.8 Å². The number of rotatable bonds is 6. The highest BCUT2D eigenvalue weighted by Crippen LogP contribution is 2.14. The molecule has 0 unspecified atom stereocenters. The van der Waals surface area contributed by atoms with Crippen molar-refractivity contribution >= 4 is 23.5 Å². The van der Waals surface area contributed by atoms with Crippen molar-refractivity contribution in [1.82, 2.24) is 24.7 Å². The molecule has 0 radical (unpaired) electrons. The van der Waals surface area contributed by atoms with Crippen LogP contribution in [0.25, 0.3) is 5.95 Å². The number of primary amides is 1. The van der Waals surface area contributed by atoms with E-state index in [9.17, 15) is 4.79 Å². The first kappa shape index (κ1) is 15.2. The van der Waals surface area contributed by atoms with Crippen molar-refractivity contribution in [2.75, 3.05) is 18.0 Å². The van der Waals surface area contributed by atoms with Gasteiger partial charge in [-0.15, -0.1) is 0 Å². The highest BCUT2D eigenvalue weighted by molar-refractivity contribution is 6.28. The Labute approximate surface area is 127 Å². The second-order valence-corrected chi connectivity index (χ2v) is 5.23. The Hall–Kier alpha value is -2.22. The first-order valence-electron chi connectivity index (χ1n) is 6.40. The summed E-state index contributed by atoms with van der Waals surface area (Å²) in [6.45, 7) is 4.62. The Morgan fingerprint density at radius 3 is 2.76 bits per heavy atom. The van der Waals surface area contributed by atoms with Crippen LogP contribution in [-0.4, -0.2) is 43.7 Å². The largest absolute Gasteiger partial charge is 0.368 e. The third-order valence-corrected chi connectivity index (χ3v) is 2.68. The molecule has 112 valence electrons. The number of carbonyl (C=O) groups excluding carboxylic acids is 1. The summed E-state index contributed by atoms with van der Waals surface area (Å²) in [5, 5.41) is 4.08. The molecule has 2 aromatic rings. The molecule has 0 aliphatic heterocycles. The first-order chi connectivity index (χ1) is 9.95. The van der Waals surface area contributed by atoms with E-state index in [-0.39, 0.29) is 17.8 Å². The van der Waals surface area contributed by atoms with Crippen molar-refractivity contribution in [1.29, 1.82) is 0 Å². The number of hydrogen-bond acceptors (Lipinski definition) is 6. The summed E-state index contributed by atoms with van der Waals surface area (Å²) in [4.78, 5) is 25.3. The van der Waals surface area contributed by atoms with E-state index in [2.05, 4.69) is 20.1 Å². The van der Waals surface area contributed by atoms with Crippen LogP contribution in [0.15, 0.2) is 18.5 Å². The van der Waals surface area contributed by atoms with Gasteiger partial charge in [-0.3, -0.25) is 4.79 Å². The molecule has 0 aliphatic carbocycles. The number of hydrogen-bond donors (Lipinski definition) is 1. The van der Waals surface area contributed by atoms with E-state index in [1.807, 2.05) is 13.8 Å². The van der Waals surface area contributed by atoms with Gasteiger partial charge in [0.05, 0.1) is 6.54 Å². The molecule has 0 aliphatic rings. The molecular weight excluding hydrogens is 294 g/mol. The minimum absolute atomic E-state index is 0.0110. The summed E-state index contributed by atoms with van der Waals surface area (Å²) < 4.78 is 1.47. The second kappa shape index (κ2) is 6.49. The molecule has 2 N–H and O–H groups in total. The lowest BCUT2D eigenvalue weighted by atomic mass is 10.2. The van der Waals surface area contributed by atoms with Gasteiger partial charge in [0.15, 0.2) is 0 Å². The lowest BCUT2D eigenvalue weighted by Gasteiger charge is -2.23. The highest BCUT2D eigenvalue weighted by atomic mass is 35.5. The average molecular weight is 310 g/mol. The minimum Gasteiger partial charge on any atom is -0.368 e. The molecule has 1 amide bonds. The van der Waals surface area contributed by atoms with E-state index in [4.69, 9.17) is 17.3 Å². The molecule has 9 heteroatoms. The van der Waals surface area contributed by atoms with Gasteiger partial charge >= 0.3 is 0 Å². The lowest BCUT2D eigenvalue weighted by Crippen LogP contribution is -2.37. The Morgan fingerprint density at radius 1 is 1.43 bits per heavy atom. The predicted molar refractivity (Wildman–Crippen MR) is 78.2 cm³/mol. The van der Waals surface area contributed by atoms with Crippen LogP contribution in [0, 0.1) is 5.92 Å². The van der Waals surface area contributed by atoms with Gasteiger partial charge in [0.1, 0.15) is 0 Å². The normalized spacial score (nSPS) is 10.9. The van der Waals surface area contributed by atoms with Gasteiger partial charge in [-0.2, -0.15) is 20.1 Å². The Morgan fingerprint density at radius 2 is 2.19 bits per heavy atom. The maximum Gasteiger partial charge on any atom is 0.256 e. The van der Waals surface area contributed by atoms with Gasteiger partial charge in [-0.05, 0) is 23.6 Å². The molecule has 8 nitrogen and oxygen atoms in total. The summed E-state index contributed by atoms with van der Waals surface area (Å²) >= 11 is 5.94. The molecule has 0 aromatic carbocycles. The smallest absolute Gasteiger partial charge is 0.256 e. The summed E-state index contributed by atoms with van der Waals surface area (Å²) in [6.07, 6.45) is 3.29. The molecule has 0 fully saturated rings. The molecule has 2 rings (SSSR count). The van der Waals surface area contributed by atoms with Crippen LogP contribution >= 0.6 is 11.6 Å². The third kappa shape index (κ3) is 4.12. The number of carbonyl (C=O) groups is 1. The minimum atomic E-state index is -0.465. The van der Waals surface area contributed by atoms with Gasteiger partial charge in [0, 0.05) is 18.9 Å². The van der Waals surface area contributed by atoms with Gasteiger partial charge < -0.3 is 10.6 Å². The van der Waals surface area contributed by atoms with E-state index < -0.39 is 5.91 Å². The van der Waals surface area contributed by atoms with Gasteiger partial charge in [0.2, 0.25) is 17.1 Å². The van der Waals surface area contributed by atoms with Crippen molar-refractivity contribution in [3.8, 4) is 5.95 Å². The zero-order chi connectivity index (χ0) is 15.4. The summed E-state index contributed by atoms with van der Waals surface area (Å²) in [5.74, 6) is 0.419. The Kier molecular flexibility index (Phi) is 4.69. The van der Waals surface area contributed by atoms with Crippen LogP contribution in [0.5, 0.6) is 0 Å². The summed E-state index contributed by atoms with van der Waals surface area (Å²) in [5.41, 5.74) is 5.27. The van der Waals surface area contributed by atoms with Crippen LogP contribution in [0.2, 0.25) is 5.28 Å². The van der Waals surface area contributed by atoms with E-state index >= 15 is 0 Å². The fourth-order valence-electron chi connectivity index (χ4n) is 1.81. The summed E-state index contributed by atoms with van der Waals surface area (Å²) in [7, 11) is 0. The van der Waals surface area contributed by atoms with E-state index in [1.165, 1.54) is 4.68 Å². The summed E-state index contributed by atoms with van der Waals surface area (Å²) in [6, 6.07) is 1.74.